The highest BCUT2D eigenvalue weighted by Crippen LogP contribution is 2.17. The van der Waals surface area contributed by atoms with Gasteiger partial charge in [0.15, 0.2) is 0 Å². The lowest BCUT2D eigenvalue weighted by Crippen LogP contribution is -2.43. The number of aromatic nitrogens is 1. The number of para-hydroxylation sites is 1. The van der Waals surface area contributed by atoms with Crippen LogP contribution in [0.25, 0.3) is 10.9 Å². The quantitative estimate of drug-likeness (QED) is 0.416. The predicted molar refractivity (Wildman–Crippen MR) is 116 cm³/mol. The first-order valence-corrected chi connectivity index (χ1v) is 9.28. The van der Waals surface area contributed by atoms with Gasteiger partial charge in [0.2, 0.25) is 0 Å². The first-order chi connectivity index (χ1) is 15.2. The molecule has 0 aliphatic carbocycles. The van der Waals surface area contributed by atoms with Crippen molar-refractivity contribution in [1.29, 1.82) is 0 Å². The molecule has 0 amide bonds. The van der Waals surface area contributed by atoms with E-state index in [4.69, 9.17) is 25.4 Å². The molecule has 11 heteroatoms. The Morgan fingerprint density at radius 1 is 0.750 bits per heavy atom. The lowest BCUT2D eigenvalue weighted by Gasteiger charge is -2.28. The van der Waals surface area contributed by atoms with Crippen molar-refractivity contribution in [2.45, 2.75) is 0 Å². The van der Waals surface area contributed by atoms with Crippen molar-refractivity contribution >= 4 is 40.6 Å². The van der Waals surface area contributed by atoms with Crippen LogP contribution in [0.4, 0.5) is 5.82 Å². The van der Waals surface area contributed by atoms with Crippen LogP contribution in [0.5, 0.6) is 0 Å². The van der Waals surface area contributed by atoms with Crippen molar-refractivity contribution in [3.63, 3.8) is 0 Å². The Kier molecular flexibility index (Phi) is 11.2. The number of benzene rings is 1. The minimum atomic E-state index is -1.26. The van der Waals surface area contributed by atoms with E-state index in [0.717, 1.165) is 37.5 Å². The summed E-state index contributed by atoms with van der Waals surface area (Å²) in [6.45, 7) is 4.19. The summed E-state index contributed by atoms with van der Waals surface area (Å²) in [6, 6.07) is 12.5. The van der Waals surface area contributed by atoms with Crippen LogP contribution in [0.1, 0.15) is 0 Å². The fourth-order valence-corrected chi connectivity index (χ4v) is 2.41. The summed E-state index contributed by atoms with van der Waals surface area (Å²) in [6.07, 6.45) is 2.23. The molecule has 0 atom stereocenters. The Morgan fingerprint density at radius 2 is 1.22 bits per heavy atom. The number of carboxylic acid groups (broad SMARTS) is 4. The van der Waals surface area contributed by atoms with E-state index >= 15 is 0 Å². The third-order valence-corrected chi connectivity index (χ3v) is 3.76. The normalized spacial score (nSPS) is 13.1. The maximum Gasteiger partial charge on any atom is 0.328 e. The van der Waals surface area contributed by atoms with Crippen LogP contribution in [0.3, 0.4) is 0 Å². The topological polar surface area (TPSA) is 177 Å². The van der Waals surface area contributed by atoms with Gasteiger partial charge < -0.3 is 30.6 Å². The Morgan fingerprint density at radius 3 is 1.69 bits per heavy atom. The largest absolute Gasteiger partial charge is 0.478 e. The van der Waals surface area contributed by atoms with E-state index in [2.05, 4.69) is 40.5 Å². The maximum absolute atomic E-state index is 9.55. The average Bonchev–Trinajstić information content (AvgIpc) is 2.77. The molecular formula is C21H23N3O8. The number of anilines is 1. The van der Waals surface area contributed by atoms with Gasteiger partial charge in [0.1, 0.15) is 5.82 Å². The first-order valence-electron chi connectivity index (χ1n) is 9.28. The number of rotatable bonds is 5. The van der Waals surface area contributed by atoms with E-state index < -0.39 is 23.9 Å². The number of fused-ring (bicyclic) bond motifs is 1. The van der Waals surface area contributed by atoms with Crippen LogP contribution in [0, 0.1) is 0 Å². The van der Waals surface area contributed by atoms with Gasteiger partial charge in [-0.05, 0) is 18.2 Å². The molecule has 1 aliphatic rings. The molecule has 1 saturated heterocycles. The van der Waals surface area contributed by atoms with E-state index in [1.165, 1.54) is 5.39 Å². The molecule has 2 heterocycles. The summed E-state index contributed by atoms with van der Waals surface area (Å²) in [5.41, 5.74) is 1.08. The number of carboxylic acids is 4. The zero-order valence-electron chi connectivity index (χ0n) is 16.9. The average molecular weight is 445 g/mol. The number of nitrogens with zero attached hydrogens (tertiary/aromatic N) is 2. The summed E-state index contributed by atoms with van der Waals surface area (Å²) >= 11 is 0. The number of pyridine rings is 1. The Balaban J connectivity index is 0.000000273. The molecule has 0 saturated carbocycles. The third kappa shape index (κ3) is 11.1. The Labute approximate surface area is 182 Å². The summed E-state index contributed by atoms with van der Waals surface area (Å²) in [5.74, 6) is -3.93. The van der Waals surface area contributed by atoms with Gasteiger partial charge in [-0.25, -0.2) is 24.2 Å². The predicted octanol–water partition coefficient (Wildman–Crippen LogP) is 1.07. The second kappa shape index (κ2) is 13.9. The molecule has 5 N–H and O–H groups in total. The van der Waals surface area contributed by atoms with E-state index in [0.29, 0.717) is 24.3 Å². The highest BCUT2D eigenvalue weighted by atomic mass is 16.4. The molecule has 0 radical (unpaired) electrons. The lowest BCUT2D eigenvalue weighted by atomic mass is 10.2. The van der Waals surface area contributed by atoms with Gasteiger partial charge >= 0.3 is 23.9 Å². The van der Waals surface area contributed by atoms with Crippen LogP contribution in [-0.4, -0.2) is 75.5 Å². The van der Waals surface area contributed by atoms with Gasteiger partial charge in [-0.2, -0.15) is 0 Å². The molecule has 0 bridgehead atoms. The smallest absolute Gasteiger partial charge is 0.328 e. The highest BCUT2D eigenvalue weighted by molar-refractivity contribution is 5.90. The van der Waals surface area contributed by atoms with Gasteiger partial charge in [-0.1, -0.05) is 18.2 Å². The van der Waals surface area contributed by atoms with Crippen LogP contribution in [0.15, 0.2) is 60.7 Å². The molecule has 0 spiro atoms. The number of aliphatic carboxylic acids is 4. The molecule has 2 aromatic rings. The summed E-state index contributed by atoms with van der Waals surface area (Å²) < 4.78 is 0. The molecular weight excluding hydrogens is 422 g/mol. The second-order valence-corrected chi connectivity index (χ2v) is 6.12. The van der Waals surface area contributed by atoms with E-state index in [1.54, 1.807) is 0 Å². The molecule has 170 valence electrons. The molecule has 1 aliphatic heterocycles. The van der Waals surface area contributed by atoms with Gasteiger partial charge in [0.05, 0.1) is 5.52 Å². The monoisotopic (exact) mass is 445 g/mol. The SMILES string of the molecule is O=C(O)/C=C\C(=O)O.O=C(O)/C=C\C(=O)O.c1ccc2nc(N3CCNCC3)ccc2c1. The van der Waals surface area contributed by atoms with Gasteiger partial charge in [0, 0.05) is 55.9 Å². The third-order valence-electron chi connectivity index (χ3n) is 3.76. The first kappa shape index (κ1) is 25.8. The van der Waals surface area contributed by atoms with E-state index in [9.17, 15) is 19.2 Å². The summed E-state index contributed by atoms with van der Waals surface area (Å²) in [7, 11) is 0. The van der Waals surface area contributed by atoms with Crippen molar-refractivity contribution in [3.8, 4) is 0 Å². The fraction of sp³-hybridized carbons (Fsp3) is 0.190. The van der Waals surface area contributed by atoms with Gasteiger partial charge in [-0.15, -0.1) is 0 Å². The van der Waals surface area contributed by atoms with Crippen LogP contribution < -0.4 is 10.2 Å². The highest BCUT2D eigenvalue weighted by Gasteiger charge is 2.11. The molecule has 32 heavy (non-hydrogen) atoms. The van der Waals surface area contributed by atoms with Gasteiger partial charge in [0.25, 0.3) is 0 Å². The second-order valence-electron chi connectivity index (χ2n) is 6.12. The number of hydrogen-bond donors (Lipinski definition) is 5. The van der Waals surface area contributed by atoms with Crippen LogP contribution in [0.2, 0.25) is 0 Å². The van der Waals surface area contributed by atoms with Gasteiger partial charge in [-0.3, -0.25) is 0 Å². The number of hydrogen-bond acceptors (Lipinski definition) is 7. The summed E-state index contributed by atoms with van der Waals surface area (Å²) in [4.78, 5) is 45.2. The standard InChI is InChI=1S/C13H15N3.2C4H4O4/c1-2-4-12-11(3-1)5-6-13(15-12)16-9-7-14-8-10-16;2*5-3(6)1-2-4(7)8/h1-6,14H,7-10H2;2*1-2H,(H,5,6)(H,7,8)/b;2*2-1-. The van der Waals surface area contributed by atoms with E-state index in [-0.39, 0.29) is 0 Å². The lowest BCUT2D eigenvalue weighted by molar-refractivity contribution is -0.134. The summed E-state index contributed by atoms with van der Waals surface area (Å²) in [5, 5.41) is 35.8. The molecule has 1 aromatic carbocycles. The Bertz CT molecular complexity index is 931. The zero-order chi connectivity index (χ0) is 23.9. The number of nitrogens with one attached hydrogen (secondary N) is 1. The number of carbonyl (C=O) groups is 4. The van der Waals surface area contributed by atoms with E-state index in [1.807, 2.05) is 6.07 Å². The molecule has 3 rings (SSSR count). The van der Waals surface area contributed by atoms with Crippen LogP contribution in [-0.2, 0) is 19.2 Å². The molecule has 1 aromatic heterocycles. The van der Waals surface area contributed by atoms with Crippen molar-refractivity contribution in [2.75, 3.05) is 31.1 Å². The molecule has 0 unspecified atom stereocenters. The van der Waals surface area contributed by atoms with Crippen molar-refractivity contribution in [3.05, 3.63) is 60.7 Å². The Hall–Kier alpha value is -4.25. The fourth-order valence-electron chi connectivity index (χ4n) is 2.41. The van der Waals surface area contributed by atoms with Crippen molar-refractivity contribution in [1.82, 2.24) is 10.3 Å². The molecule has 1 fully saturated rings. The minimum Gasteiger partial charge on any atom is -0.478 e. The number of piperazine rings is 1. The minimum absolute atomic E-state index is 0.558. The maximum atomic E-state index is 9.55. The van der Waals surface area contributed by atoms with Crippen LogP contribution >= 0.6 is 0 Å². The molecule has 11 nitrogen and oxygen atoms in total. The van der Waals surface area contributed by atoms with Crippen molar-refractivity contribution < 1.29 is 39.6 Å². The van der Waals surface area contributed by atoms with Crippen molar-refractivity contribution in [2.24, 2.45) is 0 Å². The zero-order valence-corrected chi connectivity index (χ0v) is 16.9.